The Hall–Kier alpha value is -1.45. The molecule has 0 unspecified atom stereocenters. The van der Waals surface area contributed by atoms with Crippen LogP contribution in [0.25, 0.3) is 0 Å². The van der Waals surface area contributed by atoms with Crippen LogP contribution in [0.15, 0.2) is 12.3 Å². The number of nitrogens with two attached hydrogens (primary N) is 1. The van der Waals surface area contributed by atoms with Gasteiger partial charge in [0.1, 0.15) is 0 Å². The number of hydrogen-bond donors (Lipinski definition) is 1. The number of amides is 1. The molecule has 1 aromatic heterocycles. The van der Waals surface area contributed by atoms with Crippen molar-refractivity contribution in [2.75, 3.05) is 0 Å². The summed E-state index contributed by atoms with van der Waals surface area (Å²) in [6, 6.07) is 1.42. The van der Waals surface area contributed by atoms with Gasteiger partial charge in [-0.05, 0) is 12.5 Å². The molecule has 0 aliphatic rings. The Balaban J connectivity index is 3.13. The second-order valence-electron chi connectivity index (χ2n) is 2.39. The molecule has 12 heavy (non-hydrogen) atoms. The number of carbonyl (C=O) groups excluding carboxylic acids is 1. The molecule has 1 amide bonds. The van der Waals surface area contributed by atoms with E-state index in [0.717, 1.165) is 6.20 Å². The monoisotopic (exact) mass is 168 g/mol. The van der Waals surface area contributed by atoms with Gasteiger partial charge in [0.2, 0.25) is 11.9 Å². The van der Waals surface area contributed by atoms with Crippen LogP contribution in [0.2, 0.25) is 0 Å². The molecule has 64 valence electrons. The summed E-state index contributed by atoms with van der Waals surface area (Å²) in [5.74, 6) is -1.13. The van der Waals surface area contributed by atoms with E-state index in [1.165, 1.54) is 6.07 Å². The van der Waals surface area contributed by atoms with Crippen molar-refractivity contribution in [1.29, 1.82) is 0 Å². The molecule has 0 atom stereocenters. The third-order valence-corrected chi connectivity index (χ3v) is 1.58. The first kappa shape index (κ1) is 8.64. The van der Waals surface area contributed by atoms with Gasteiger partial charge in [-0.25, -0.2) is 4.98 Å². The molecule has 0 saturated carbocycles. The minimum Gasteiger partial charge on any atom is -0.366 e. The molecule has 1 heterocycles. The average molecular weight is 168 g/mol. The van der Waals surface area contributed by atoms with Gasteiger partial charge in [0.25, 0.3) is 0 Å². The molecule has 0 saturated heterocycles. The zero-order chi connectivity index (χ0) is 9.14. The molecule has 3 nitrogen and oxygen atoms in total. The number of aryl methyl sites for hydroxylation is 1. The Bertz CT molecular complexity index is 312. The molecule has 0 spiro atoms. The van der Waals surface area contributed by atoms with Gasteiger partial charge in [0.05, 0.1) is 5.56 Å². The van der Waals surface area contributed by atoms with Crippen LogP contribution in [0.1, 0.15) is 22.8 Å². The van der Waals surface area contributed by atoms with Gasteiger partial charge in [-0.2, -0.15) is 4.39 Å². The second kappa shape index (κ2) is 3.30. The Morgan fingerprint density at radius 2 is 2.42 bits per heavy atom. The lowest BCUT2D eigenvalue weighted by Crippen LogP contribution is -2.12. The van der Waals surface area contributed by atoms with Gasteiger partial charge in [-0.3, -0.25) is 4.79 Å². The number of nitrogens with zero attached hydrogens (tertiary/aromatic N) is 1. The molecule has 0 radical (unpaired) electrons. The van der Waals surface area contributed by atoms with Gasteiger partial charge in [0.15, 0.2) is 0 Å². The van der Waals surface area contributed by atoms with Gasteiger partial charge in [-0.1, -0.05) is 6.92 Å². The van der Waals surface area contributed by atoms with Crippen molar-refractivity contribution in [3.8, 4) is 0 Å². The molecule has 1 rings (SSSR count). The van der Waals surface area contributed by atoms with Gasteiger partial charge < -0.3 is 5.73 Å². The summed E-state index contributed by atoms with van der Waals surface area (Å²) >= 11 is 0. The van der Waals surface area contributed by atoms with E-state index in [4.69, 9.17) is 5.73 Å². The molecule has 0 bridgehead atoms. The number of hydrogen-bond acceptors (Lipinski definition) is 2. The first-order valence-electron chi connectivity index (χ1n) is 3.59. The summed E-state index contributed by atoms with van der Waals surface area (Å²) in [6.45, 7) is 1.78. The van der Waals surface area contributed by atoms with Crippen LogP contribution >= 0.6 is 0 Å². The summed E-state index contributed by atoms with van der Waals surface area (Å²) in [7, 11) is 0. The lowest BCUT2D eigenvalue weighted by atomic mass is 10.1. The topological polar surface area (TPSA) is 56.0 Å². The number of pyridine rings is 1. The number of carbonyl (C=O) groups is 1. The van der Waals surface area contributed by atoms with Crippen molar-refractivity contribution in [1.82, 2.24) is 4.98 Å². The summed E-state index contributed by atoms with van der Waals surface area (Å²) in [4.78, 5) is 14.0. The minimum absolute atomic E-state index is 0.244. The fraction of sp³-hybridized carbons (Fsp3) is 0.250. The van der Waals surface area contributed by atoms with Crippen molar-refractivity contribution >= 4 is 5.91 Å². The molecular weight excluding hydrogens is 159 g/mol. The third kappa shape index (κ3) is 1.58. The van der Waals surface area contributed by atoms with E-state index in [9.17, 15) is 9.18 Å². The summed E-state index contributed by atoms with van der Waals surface area (Å²) in [5.41, 5.74) is 5.64. The molecule has 4 heteroatoms. The Morgan fingerprint density at radius 3 is 2.92 bits per heavy atom. The maximum atomic E-state index is 12.8. The van der Waals surface area contributed by atoms with Crippen LogP contribution in [0.4, 0.5) is 4.39 Å². The lowest BCUT2D eigenvalue weighted by Gasteiger charge is -1.99. The van der Waals surface area contributed by atoms with Crippen LogP contribution in [-0.4, -0.2) is 10.9 Å². The summed E-state index contributed by atoms with van der Waals surface area (Å²) in [6.07, 6.45) is 1.64. The smallest absolute Gasteiger partial charge is 0.250 e. The van der Waals surface area contributed by atoms with Crippen LogP contribution < -0.4 is 5.73 Å². The summed E-state index contributed by atoms with van der Waals surface area (Å²) < 4.78 is 12.8. The number of aromatic nitrogens is 1. The third-order valence-electron chi connectivity index (χ3n) is 1.58. The quantitative estimate of drug-likeness (QED) is 0.666. The number of halogens is 1. The molecular formula is C8H9FN2O. The van der Waals surface area contributed by atoms with E-state index in [0.29, 0.717) is 12.0 Å². The summed E-state index contributed by atoms with van der Waals surface area (Å²) in [5, 5.41) is 0. The first-order valence-corrected chi connectivity index (χ1v) is 3.59. The molecule has 2 N–H and O–H groups in total. The zero-order valence-corrected chi connectivity index (χ0v) is 6.67. The normalized spacial score (nSPS) is 9.83. The van der Waals surface area contributed by atoms with Crippen molar-refractivity contribution in [3.63, 3.8) is 0 Å². The zero-order valence-electron chi connectivity index (χ0n) is 6.67. The average Bonchev–Trinajstić information content (AvgIpc) is 2.05. The maximum Gasteiger partial charge on any atom is 0.250 e. The highest BCUT2D eigenvalue weighted by Crippen LogP contribution is 2.07. The van der Waals surface area contributed by atoms with E-state index in [1.807, 2.05) is 0 Å². The lowest BCUT2D eigenvalue weighted by molar-refractivity contribution is 0.0999. The van der Waals surface area contributed by atoms with E-state index < -0.39 is 11.9 Å². The van der Waals surface area contributed by atoms with Crippen LogP contribution in [-0.2, 0) is 6.42 Å². The van der Waals surface area contributed by atoms with Gasteiger partial charge in [-0.15, -0.1) is 0 Å². The van der Waals surface area contributed by atoms with Crippen molar-refractivity contribution in [3.05, 3.63) is 29.3 Å². The Kier molecular flexibility index (Phi) is 2.38. The highest BCUT2D eigenvalue weighted by molar-refractivity contribution is 5.92. The van der Waals surface area contributed by atoms with Crippen molar-refractivity contribution in [2.45, 2.75) is 13.3 Å². The first-order chi connectivity index (χ1) is 5.65. The van der Waals surface area contributed by atoms with Crippen molar-refractivity contribution < 1.29 is 9.18 Å². The minimum atomic E-state index is -0.586. The largest absolute Gasteiger partial charge is 0.366 e. The predicted molar refractivity (Wildman–Crippen MR) is 42.1 cm³/mol. The molecule has 0 aliphatic heterocycles. The molecule has 0 aliphatic carbocycles. The van der Waals surface area contributed by atoms with Crippen LogP contribution in [0.5, 0.6) is 0 Å². The Labute approximate surface area is 69.4 Å². The standard InChI is InChI=1S/C8H9FN2O/c1-2-5-3-6(8(10)12)4-11-7(5)9/h3-4H,2H2,1H3,(H2,10,12). The fourth-order valence-corrected chi connectivity index (χ4v) is 0.876. The Morgan fingerprint density at radius 1 is 1.75 bits per heavy atom. The molecule has 1 aromatic rings. The second-order valence-corrected chi connectivity index (χ2v) is 2.39. The van der Waals surface area contributed by atoms with E-state index in [2.05, 4.69) is 4.98 Å². The fourth-order valence-electron chi connectivity index (χ4n) is 0.876. The van der Waals surface area contributed by atoms with Gasteiger partial charge in [0, 0.05) is 11.8 Å². The van der Waals surface area contributed by atoms with E-state index in [1.54, 1.807) is 6.92 Å². The number of rotatable bonds is 2. The predicted octanol–water partition coefficient (Wildman–Crippen LogP) is 0.882. The van der Waals surface area contributed by atoms with Crippen LogP contribution in [0, 0.1) is 5.95 Å². The molecule has 0 aromatic carbocycles. The van der Waals surface area contributed by atoms with Crippen molar-refractivity contribution in [2.24, 2.45) is 5.73 Å². The van der Waals surface area contributed by atoms with E-state index >= 15 is 0 Å². The highest BCUT2D eigenvalue weighted by Gasteiger charge is 2.05. The number of primary amides is 1. The SMILES string of the molecule is CCc1cc(C(N)=O)cnc1F. The van der Waals surface area contributed by atoms with Crippen LogP contribution in [0.3, 0.4) is 0 Å². The highest BCUT2D eigenvalue weighted by atomic mass is 19.1. The maximum absolute atomic E-state index is 12.8. The van der Waals surface area contributed by atoms with E-state index in [-0.39, 0.29) is 5.56 Å². The van der Waals surface area contributed by atoms with Gasteiger partial charge >= 0.3 is 0 Å². The molecule has 0 fully saturated rings.